The van der Waals surface area contributed by atoms with Gasteiger partial charge in [0, 0.05) is 25.5 Å². The number of alkyl carbamates (subject to hydrolysis) is 4. The molecule has 4 aromatic carbocycles. The molecule has 5 aromatic rings. The van der Waals surface area contributed by atoms with E-state index < -0.39 is 58.5 Å². The molecule has 5 amide bonds. The number of benzene rings is 4. The lowest BCUT2D eigenvalue weighted by Gasteiger charge is -2.22. The number of unbranched alkanes of at least 4 members (excludes halogenated alkanes) is 4. The Bertz CT molecular complexity index is 3180. The molecule has 1 aromatic heterocycles. The molecule has 0 radical (unpaired) electrons. The van der Waals surface area contributed by atoms with E-state index in [0.717, 1.165) is 105 Å². The molecular weight excluding hydrogens is 1340 g/mol. The zero-order chi connectivity index (χ0) is 73.5. The molecule has 562 valence electrons. The summed E-state index contributed by atoms with van der Waals surface area (Å²) in [6, 6.07) is 33.7. The van der Waals surface area contributed by atoms with Crippen LogP contribution < -0.4 is 51.7 Å². The van der Waals surface area contributed by atoms with E-state index in [1.165, 1.54) is 28.2 Å². The number of guanidine groups is 1. The van der Waals surface area contributed by atoms with Gasteiger partial charge in [-0.3, -0.25) is 31.3 Å². The SMILES string of the molecule is CC(=NCCc1ccc(OCCCCCOc2ccc(CCN=C(NC(=O)OC(C)(C)C)NC(=O)OC(C)(C)C)cc2)cc1)NC(=O)OC(C)(C)C.CC(C)(C)OC(=O)N=C(NC(=O)OC(C)(C)C)n1cccn1.Cl.Cl.NCCc1ccc(OCCCCCOc2ccc(CCN)cc2)cc1. The number of amides is 5. The molecule has 27 heteroatoms. The molecule has 0 aliphatic rings. The molecule has 0 fully saturated rings. The standard InChI is InChI=1S/C39H59N5O8.C21H30N2O2.C14H22N4O4.2ClH/c1-28(42-34(45)50-37(2,3)4)40-24-22-29-14-18-31(19-15-29)48-26-12-11-13-27-49-32-20-16-30(17-21-32)23-25-41-33(43-35(46)51-38(5,6)7)44-36(47)52-39(8,9)10;22-14-12-18-4-8-20(9-5-18)24-16-2-1-3-17-25-21-10-6-19(7-11-21)13-15-23;1-13(2,3)21-11(19)16-10(18-9-7-8-15-18)17-12(20)22-14(4,5)6;;/h14-21H,11-13,22-27H2,1-10H3,(H,40,42,45)(H2,41,43,44,46,47);4-11H,1-3,12-17,22-23H2;7-9H,1-6H3,(H,16,17,19,20);2*1H. The van der Waals surface area contributed by atoms with Crippen LogP contribution in [0.2, 0.25) is 0 Å². The second-order valence-electron chi connectivity index (χ2n) is 27.7. The van der Waals surface area contributed by atoms with Crippen molar-refractivity contribution < 1.29 is 66.6 Å². The molecule has 25 nitrogen and oxygen atoms in total. The lowest BCUT2D eigenvalue weighted by Crippen LogP contribution is -2.47. The van der Waals surface area contributed by atoms with Crippen molar-refractivity contribution in [3.63, 3.8) is 0 Å². The van der Waals surface area contributed by atoms with Gasteiger partial charge < -0.3 is 54.1 Å². The Kier molecular flexibility index (Phi) is 41.8. The smallest absolute Gasteiger partial charge is 0.437 e. The molecule has 0 saturated carbocycles. The average molecular weight is 1450 g/mol. The first-order valence-corrected chi connectivity index (χ1v) is 33.7. The Morgan fingerprint density at radius 2 is 0.723 bits per heavy atom. The quantitative estimate of drug-likeness (QED) is 0.0130. The molecular formula is C74H113Cl2N11O14. The summed E-state index contributed by atoms with van der Waals surface area (Å²) in [6.07, 6.45) is 8.55. The molecule has 5 rings (SSSR count). The maximum absolute atomic E-state index is 12.3. The first-order chi connectivity index (χ1) is 46.5. The maximum atomic E-state index is 12.3. The van der Waals surface area contributed by atoms with Gasteiger partial charge in [-0.2, -0.15) is 5.10 Å². The van der Waals surface area contributed by atoms with Gasteiger partial charge in [0.25, 0.3) is 0 Å². The zero-order valence-electron chi connectivity index (χ0n) is 62.1. The fourth-order valence-electron chi connectivity index (χ4n) is 8.21. The summed E-state index contributed by atoms with van der Waals surface area (Å²) in [6.45, 7) is 32.9. The van der Waals surface area contributed by atoms with E-state index in [1.807, 2.05) is 93.6 Å². The molecule has 0 bridgehead atoms. The number of hydrogen-bond donors (Lipinski definition) is 6. The summed E-state index contributed by atoms with van der Waals surface area (Å²) in [5, 5.41) is 13.9. The summed E-state index contributed by atoms with van der Waals surface area (Å²) >= 11 is 0. The number of nitrogens with zero attached hydrogens (tertiary/aromatic N) is 5. The van der Waals surface area contributed by atoms with E-state index in [0.29, 0.717) is 51.6 Å². The second kappa shape index (κ2) is 46.7. The van der Waals surface area contributed by atoms with Crippen molar-refractivity contribution in [2.24, 2.45) is 26.4 Å². The Hall–Kier alpha value is -8.65. The van der Waals surface area contributed by atoms with Crippen LogP contribution in [0.5, 0.6) is 23.0 Å². The summed E-state index contributed by atoms with van der Waals surface area (Å²) in [7, 11) is 0. The number of halogens is 2. The van der Waals surface area contributed by atoms with Crippen LogP contribution in [0, 0.1) is 0 Å². The van der Waals surface area contributed by atoms with Crippen molar-refractivity contribution in [1.82, 2.24) is 31.0 Å². The molecule has 0 atom stereocenters. The van der Waals surface area contributed by atoms with Crippen molar-refractivity contribution >= 4 is 73.0 Å². The lowest BCUT2D eigenvalue weighted by molar-refractivity contribution is 0.0528. The third kappa shape index (κ3) is 46.4. The van der Waals surface area contributed by atoms with E-state index in [2.05, 4.69) is 65.6 Å². The number of nitrogens with one attached hydrogen (secondary N) is 4. The number of carbonyl (C=O) groups excluding carboxylic acids is 5. The van der Waals surface area contributed by atoms with E-state index in [1.54, 1.807) is 96.1 Å². The zero-order valence-corrected chi connectivity index (χ0v) is 63.8. The van der Waals surface area contributed by atoms with Gasteiger partial charge in [-0.15, -0.1) is 29.8 Å². The van der Waals surface area contributed by atoms with Gasteiger partial charge in [-0.05, 0) is 265 Å². The van der Waals surface area contributed by atoms with Crippen LogP contribution in [0.25, 0.3) is 0 Å². The van der Waals surface area contributed by atoms with Gasteiger partial charge in [0.2, 0.25) is 11.9 Å². The molecule has 8 N–H and O–H groups in total. The Labute approximate surface area is 610 Å². The van der Waals surface area contributed by atoms with Crippen LogP contribution in [-0.4, -0.2) is 139 Å². The number of carbonyl (C=O) groups is 5. The molecule has 0 aliphatic carbocycles. The highest BCUT2D eigenvalue weighted by molar-refractivity contribution is 6.01. The van der Waals surface area contributed by atoms with Gasteiger partial charge >= 0.3 is 30.5 Å². The van der Waals surface area contributed by atoms with Crippen LogP contribution in [-0.2, 0) is 49.4 Å². The first kappa shape index (κ1) is 90.4. The summed E-state index contributed by atoms with van der Waals surface area (Å²) in [5.74, 6) is 3.83. The summed E-state index contributed by atoms with van der Waals surface area (Å²) in [5.41, 5.74) is 12.4. The molecule has 1 heterocycles. The Balaban J connectivity index is 0.000000860. The largest absolute Gasteiger partial charge is 0.494 e. The van der Waals surface area contributed by atoms with Crippen LogP contribution in [0.3, 0.4) is 0 Å². The second-order valence-corrected chi connectivity index (χ2v) is 27.7. The van der Waals surface area contributed by atoms with Crippen molar-refractivity contribution in [3.05, 3.63) is 138 Å². The summed E-state index contributed by atoms with van der Waals surface area (Å²) < 4.78 is 50.6. The normalized spacial score (nSPS) is 11.5. The summed E-state index contributed by atoms with van der Waals surface area (Å²) in [4.78, 5) is 72.5. The van der Waals surface area contributed by atoms with Crippen LogP contribution in [0.15, 0.2) is 130 Å². The molecule has 0 saturated heterocycles. The van der Waals surface area contributed by atoms with E-state index in [9.17, 15) is 24.0 Å². The van der Waals surface area contributed by atoms with Crippen molar-refractivity contribution in [3.8, 4) is 23.0 Å². The highest BCUT2D eigenvalue weighted by Gasteiger charge is 2.24. The highest BCUT2D eigenvalue weighted by atomic mass is 35.5. The predicted molar refractivity (Wildman–Crippen MR) is 402 cm³/mol. The van der Waals surface area contributed by atoms with E-state index in [4.69, 9.17) is 54.1 Å². The molecule has 0 spiro atoms. The topological polar surface area (TPSA) is 323 Å². The van der Waals surface area contributed by atoms with E-state index in [-0.39, 0.29) is 36.7 Å². The van der Waals surface area contributed by atoms with Gasteiger partial charge in [0.05, 0.1) is 26.4 Å². The Morgan fingerprint density at radius 3 is 1.03 bits per heavy atom. The average Bonchev–Trinajstić information content (AvgIpc) is 1.85. The third-order valence-corrected chi connectivity index (χ3v) is 12.5. The number of ether oxygens (including phenoxy) is 9. The predicted octanol–water partition coefficient (Wildman–Crippen LogP) is 14.5. The number of amidine groups is 1. The van der Waals surface area contributed by atoms with Crippen LogP contribution in [0.4, 0.5) is 24.0 Å². The fourth-order valence-corrected chi connectivity index (χ4v) is 8.21. The fraction of sp³-hybridized carbons (Fsp3) is 0.527. The van der Waals surface area contributed by atoms with Crippen LogP contribution in [0.1, 0.15) is 172 Å². The first-order valence-electron chi connectivity index (χ1n) is 33.7. The minimum absolute atomic E-state index is 0. The van der Waals surface area contributed by atoms with E-state index >= 15 is 0 Å². The number of aliphatic imine (C=N–C) groups is 3. The van der Waals surface area contributed by atoms with Crippen molar-refractivity contribution in [1.29, 1.82) is 0 Å². The molecule has 101 heavy (non-hydrogen) atoms. The van der Waals surface area contributed by atoms with Crippen molar-refractivity contribution in [2.45, 2.75) is 203 Å². The third-order valence-electron chi connectivity index (χ3n) is 12.5. The monoisotopic (exact) mass is 1450 g/mol. The number of hydrogen-bond acceptors (Lipinski definition) is 19. The molecule has 0 unspecified atom stereocenters. The maximum Gasteiger partial charge on any atom is 0.437 e. The van der Waals surface area contributed by atoms with Crippen molar-refractivity contribution in [2.75, 3.05) is 52.6 Å². The minimum Gasteiger partial charge on any atom is -0.494 e. The Morgan fingerprint density at radius 1 is 0.416 bits per heavy atom. The lowest BCUT2D eigenvalue weighted by atomic mass is 10.1. The van der Waals surface area contributed by atoms with Crippen LogP contribution >= 0.6 is 24.8 Å². The van der Waals surface area contributed by atoms with Gasteiger partial charge in [-0.25, -0.2) is 28.7 Å². The molecule has 0 aliphatic heterocycles. The number of nitrogens with two attached hydrogens (primary N) is 2. The van der Waals surface area contributed by atoms with Gasteiger partial charge in [0.1, 0.15) is 56.8 Å². The highest BCUT2D eigenvalue weighted by Crippen LogP contribution is 2.19. The van der Waals surface area contributed by atoms with Gasteiger partial charge in [-0.1, -0.05) is 48.5 Å². The van der Waals surface area contributed by atoms with Gasteiger partial charge in [0.15, 0.2) is 0 Å². The number of aromatic nitrogens is 2. The minimum atomic E-state index is -0.839. The number of rotatable bonds is 26.